The molecular weight excluding hydrogens is 132 g/mol. The van der Waals surface area contributed by atoms with Crippen molar-refractivity contribution in [3.8, 4) is 0 Å². The Morgan fingerprint density at radius 1 is 1.09 bits per heavy atom. The molecule has 0 aromatic carbocycles. The van der Waals surface area contributed by atoms with Crippen molar-refractivity contribution in [1.29, 1.82) is 0 Å². The zero-order valence-electron chi connectivity index (χ0n) is 7.42. The highest BCUT2D eigenvalue weighted by Crippen LogP contribution is 2.40. The van der Waals surface area contributed by atoms with E-state index in [9.17, 15) is 0 Å². The van der Waals surface area contributed by atoms with Crippen LogP contribution in [0.15, 0.2) is 12.2 Å². The Bertz CT molecular complexity index is 157. The third-order valence-electron chi connectivity index (χ3n) is 3.58. The fourth-order valence-corrected chi connectivity index (χ4v) is 2.84. The smallest absolute Gasteiger partial charge is 0.0317 e. The van der Waals surface area contributed by atoms with Crippen molar-refractivity contribution in [2.24, 2.45) is 17.8 Å². The maximum absolute atomic E-state index is 2.44. The van der Waals surface area contributed by atoms with Crippen molar-refractivity contribution in [2.45, 2.75) is 39.0 Å². The van der Waals surface area contributed by atoms with E-state index >= 15 is 0 Å². The standard InChI is InChI=1S/C11H18/c1-9-5-4-7-10-6-2-3-8-11(9)10/h2-3,9-11H,4-8H2,1H3. The molecule has 2 aliphatic carbocycles. The average molecular weight is 150 g/mol. The lowest BCUT2D eigenvalue weighted by Crippen LogP contribution is -2.27. The first kappa shape index (κ1) is 7.39. The molecule has 62 valence electrons. The zero-order chi connectivity index (χ0) is 7.68. The van der Waals surface area contributed by atoms with Gasteiger partial charge in [-0.2, -0.15) is 0 Å². The van der Waals surface area contributed by atoms with Crippen molar-refractivity contribution in [3.63, 3.8) is 0 Å². The summed E-state index contributed by atoms with van der Waals surface area (Å²) in [6.45, 7) is 2.44. The number of fused-ring (bicyclic) bond motifs is 1. The number of allylic oxidation sites excluding steroid dienone is 2. The molecule has 0 saturated heterocycles. The van der Waals surface area contributed by atoms with Gasteiger partial charge >= 0.3 is 0 Å². The molecule has 1 fully saturated rings. The summed E-state index contributed by atoms with van der Waals surface area (Å²) in [5.74, 6) is 3.08. The van der Waals surface area contributed by atoms with Gasteiger partial charge in [0.05, 0.1) is 0 Å². The largest absolute Gasteiger partial charge is 0.0882 e. The molecule has 0 spiro atoms. The summed E-state index contributed by atoms with van der Waals surface area (Å²) in [6.07, 6.45) is 12.0. The Labute approximate surface area is 69.7 Å². The van der Waals surface area contributed by atoms with Gasteiger partial charge in [-0.1, -0.05) is 31.9 Å². The Kier molecular flexibility index (Phi) is 2.02. The fourth-order valence-electron chi connectivity index (χ4n) is 2.84. The van der Waals surface area contributed by atoms with Gasteiger partial charge < -0.3 is 0 Å². The first-order valence-corrected chi connectivity index (χ1v) is 5.03. The zero-order valence-corrected chi connectivity index (χ0v) is 7.42. The Morgan fingerprint density at radius 2 is 1.91 bits per heavy atom. The second-order valence-electron chi connectivity index (χ2n) is 4.27. The summed E-state index contributed by atoms with van der Waals surface area (Å²) in [4.78, 5) is 0. The van der Waals surface area contributed by atoms with Crippen LogP contribution in [-0.4, -0.2) is 0 Å². The van der Waals surface area contributed by atoms with E-state index < -0.39 is 0 Å². The van der Waals surface area contributed by atoms with Crippen molar-refractivity contribution in [1.82, 2.24) is 0 Å². The molecule has 0 nitrogen and oxygen atoms in total. The second kappa shape index (κ2) is 3.00. The van der Waals surface area contributed by atoms with E-state index in [1.165, 1.54) is 32.1 Å². The summed E-state index contributed by atoms with van der Waals surface area (Å²) in [6, 6.07) is 0. The highest BCUT2D eigenvalue weighted by molar-refractivity contribution is 4.97. The van der Waals surface area contributed by atoms with Gasteiger partial charge in [-0.15, -0.1) is 0 Å². The minimum absolute atomic E-state index is 0.999. The Hall–Kier alpha value is -0.260. The van der Waals surface area contributed by atoms with Gasteiger partial charge in [-0.3, -0.25) is 0 Å². The number of hydrogen-bond acceptors (Lipinski definition) is 0. The monoisotopic (exact) mass is 150 g/mol. The van der Waals surface area contributed by atoms with E-state index in [1.807, 2.05) is 0 Å². The van der Waals surface area contributed by atoms with Gasteiger partial charge in [0.15, 0.2) is 0 Å². The lowest BCUT2D eigenvalue weighted by atomic mass is 9.68. The topological polar surface area (TPSA) is 0 Å². The van der Waals surface area contributed by atoms with E-state index in [1.54, 1.807) is 0 Å². The molecule has 2 rings (SSSR count). The lowest BCUT2D eigenvalue weighted by Gasteiger charge is -2.37. The number of rotatable bonds is 0. The van der Waals surface area contributed by atoms with Crippen LogP contribution >= 0.6 is 0 Å². The molecule has 3 unspecified atom stereocenters. The molecular formula is C11H18. The molecule has 0 bridgehead atoms. The minimum atomic E-state index is 0.999. The van der Waals surface area contributed by atoms with Crippen molar-refractivity contribution < 1.29 is 0 Å². The van der Waals surface area contributed by atoms with Crippen molar-refractivity contribution in [2.75, 3.05) is 0 Å². The molecule has 11 heavy (non-hydrogen) atoms. The Morgan fingerprint density at radius 3 is 2.73 bits per heavy atom. The van der Waals surface area contributed by atoms with Crippen LogP contribution in [-0.2, 0) is 0 Å². The third kappa shape index (κ3) is 1.36. The molecule has 0 radical (unpaired) electrons. The lowest BCUT2D eigenvalue weighted by molar-refractivity contribution is 0.161. The summed E-state index contributed by atoms with van der Waals surface area (Å²) in [5.41, 5.74) is 0. The minimum Gasteiger partial charge on any atom is -0.0882 e. The molecule has 0 aromatic heterocycles. The van der Waals surface area contributed by atoms with Gasteiger partial charge in [0.2, 0.25) is 0 Å². The third-order valence-corrected chi connectivity index (χ3v) is 3.58. The van der Waals surface area contributed by atoms with Crippen molar-refractivity contribution in [3.05, 3.63) is 12.2 Å². The van der Waals surface area contributed by atoms with E-state index in [4.69, 9.17) is 0 Å². The molecule has 0 N–H and O–H groups in total. The van der Waals surface area contributed by atoms with Gasteiger partial charge in [0.25, 0.3) is 0 Å². The molecule has 0 heterocycles. The van der Waals surface area contributed by atoms with Crippen LogP contribution in [0.4, 0.5) is 0 Å². The average Bonchev–Trinajstić information content (AvgIpc) is 2.06. The molecule has 3 atom stereocenters. The fraction of sp³-hybridized carbons (Fsp3) is 0.818. The molecule has 2 aliphatic rings. The summed E-state index contributed by atoms with van der Waals surface area (Å²) >= 11 is 0. The second-order valence-corrected chi connectivity index (χ2v) is 4.27. The van der Waals surface area contributed by atoms with Crippen LogP contribution in [0.2, 0.25) is 0 Å². The van der Waals surface area contributed by atoms with Gasteiger partial charge in [0.1, 0.15) is 0 Å². The Balaban J connectivity index is 2.07. The van der Waals surface area contributed by atoms with E-state index in [0.29, 0.717) is 0 Å². The first-order chi connectivity index (χ1) is 5.38. The molecule has 0 aromatic rings. The summed E-state index contributed by atoms with van der Waals surface area (Å²) in [7, 11) is 0. The van der Waals surface area contributed by atoms with Crippen LogP contribution in [0.25, 0.3) is 0 Å². The maximum atomic E-state index is 2.44. The maximum Gasteiger partial charge on any atom is -0.0317 e. The van der Waals surface area contributed by atoms with E-state index in [-0.39, 0.29) is 0 Å². The number of hydrogen-bond donors (Lipinski definition) is 0. The molecule has 0 amide bonds. The van der Waals surface area contributed by atoms with Gasteiger partial charge in [-0.05, 0) is 37.0 Å². The van der Waals surface area contributed by atoms with Crippen LogP contribution in [0.5, 0.6) is 0 Å². The normalized spacial score (nSPS) is 43.5. The van der Waals surface area contributed by atoms with Crippen LogP contribution in [0.1, 0.15) is 39.0 Å². The highest BCUT2D eigenvalue weighted by atomic mass is 14.3. The van der Waals surface area contributed by atoms with Gasteiger partial charge in [0, 0.05) is 0 Å². The predicted molar refractivity (Wildman–Crippen MR) is 48.4 cm³/mol. The van der Waals surface area contributed by atoms with Gasteiger partial charge in [-0.25, -0.2) is 0 Å². The van der Waals surface area contributed by atoms with Crippen LogP contribution in [0, 0.1) is 17.8 Å². The summed E-state index contributed by atoms with van der Waals surface area (Å²) in [5, 5.41) is 0. The molecule has 0 heteroatoms. The van der Waals surface area contributed by atoms with E-state index in [0.717, 1.165) is 17.8 Å². The quantitative estimate of drug-likeness (QED) is 0.464. The van der Waals surface area contributed by atoms with E-state index in [2.05, 4.69) is 19.1 Å². The van der Waals surface area contributed by atoms with Crippen molar-refractivity contribution >= 4 is 0 Å². The SMILES string of the molecule is CC1CCCC2CC=CCC12. The molecule has 0 aliphatic heterocycles. The van der Waals surface area contributed by atoms with Crippen LogP contribution in [0.3, 0.4) is 0 Å². The van der Waals surface area contributed by atoms with Crippen LogP contribution < -0.4 is 0 Å². The summed E-state index contributed by atoms with van der Waals surface area (Å²) < 4.78 is 0. The predicted octanol–water partition coefficient (Wildman–Crippen LogP) is 3.39. The molecule has 1 saturated carbocycles. The first-order valence-electron chi connectivity index (χ1n) is 5.03. The highest BCUT2D eigenvalue weighted by Gasteiger charge is 2.30.